The zero-order valence-electron chi connectivity index (χ0n) is 8.34. The lowest BCUT2D eigenvalue weighted by atomic mass is 10.2. The highest BCUT2D eigenvalue weighted by Crippen LogP contribution is 2.24. The van der Waals surface area contributed by atoms with Gasteiger partial charge in [0.2, 0.25) is 0 Å². The summed E-state index contributed by atoms with van der Waals surface area (Å²) in [5.41, 5.74) is 5.37. The molecule has 1 aromatic rings. The zero-order valence-corrected chi connectivity index (χ0v) is 9.92. The first-order chi connectivity index (χ1) is 7.45. The Labute approximate surface area is 99.3 Å². The Morgan fingerprint density at radius 2 is 2.12 bits per heavy atom. The molecule has 0 heterocycles. The lowest BCUT2D eigenvalue weighted by Gasteiger charge is -2.14. The van der Waals surface area contributed by atoms with Gasteiger partial charge in [-0.05, 0) is 28.9 Å². The third kappa shape index (κ3) is 2.82. The molecule has 0 saturated carbocycles. The second kappa shape index (κ2) is 5.11. The van der Waals surface area contributed by atoms with Crippen molar-refractivity contribution in [3.05, 3.63) is 28.2 Å². The van der Waals surface area contributed by atoms with Gasteiger partial charge in [0.1, 0.15) is 11.6 Å². The van der Waals surface area contributed by atoms with Crippen molar-refractivity contribution >= 4 is 27.5 Å². The largest absolute Gasteiger partial charge is 0.409 e. The predicted octanol–water partition coefficient (Wildman–Crippen LogP) is 2.27. The van der Waals surface area contributed by atoms with Gasteiger partial charge in [-0.2, -0.15) is 0 Å². The number of hydrogen-bond acceptors (Lipinski definition) is 3. The molecule has 1 unspecified atom stereocenters. The van der Waals surface area contributed by atoms with E-state index in [1.807, 2.05) is 0 Å². The summed E-state index contributed by atoms with van der Waals surface area (Å²) < 4.78 is 26.3. The van der Waals surface area contributed by atoms with Crippen molar-refractivity contribution in [3.8, 4) is 0 Å². The predicted molar refractivity (Wildman–Crippen MR) is 60.6 cm³/mol. The van der Waals surface area contributed by atoms with Gasteiger partial charge in [-0.15, -0.1) is 0 Å². The number of nitrogens with zero attached hydrogens (tertiary/aromatic N) is 1. The van der Waals surface area contributed by atoms with E-state index in [1.165, 1.54) is 6.07 Å². The molecule has 0 bridgehead atoms. The highest BCUT2D eigenvalue weighted by Gasteiger charge is 2.12. The van der Waals surface area contributed by atoms with Gasteiger partial charge in [-0.1, -0.05) is 5.16 Å². The molecule has 0 aromatic heterocycles. The van der Waals surface area contributed by atoms with E-state index in [9.17, 15) is 8.78 Å². The maximum atomic E-state index is 13.3. The van der Waals surface area contributed by atoms with Crippen molar-refractivity contribution in [2.24, 2.45) is 10.9 Å². The average Bonchev–Trinajstić information content (AvgIpc) is 2.24. The number of rotatable bonds is 3. The standard InChI is InChI=1S/C9H10BrF2N3O/c1-4(9(13)15-16)14-8-2-5(10)6(11)3-7(8)12/h2-4,14,16H,1H3,(H2,13,15). The SMILES string of the molecule is CC(Nc1cc(Br)c(F)cc1F)/C(N)=N/O. The maximum Gasteiger partial charge on any atom is 0.161 e. The van der Waals surface area contributed by atoms with Crippen LogP contribution in [0.25, 0.3) is 0 Å². The molecule has 1 atom stereocenters. The maximum absolute atomic E-state index is 13.3. The van der Waals surface area contributed by atoms with Crippen LogP contribution in [0.15, 0.2) is 21.8 Å². The van der Waals surface area contributed by atoms with Crippen LogP contribution in [0.3, 0.4) is 0 Å². The van der Waals surface area contributed by atoms with Crippen LogP contribution in [0.4, 0.5) is 14.5 Å². The summed E-state index contributed by atoms with van der Waals surface area (Å²) in [5, 5.41) is 13.8. The second-order valence-electron chi connectivity index (χ2n) is 3.14. The van der Waals surface area contributed by atoms with Crippen LogP contribution < -0.4 is 11.1 Å². The number of oxime groups is 1. The molecular weight excluding hydrogens is 284 g/mol. The summed E-state index contributed by atoms with van der Waals surface area (Å²) in [7, 11) is 0. The number of benzene rings is 1. The van der Waals surface area contributed by atoms with Crippen molar-refractivity contribution in [3.63, 3.8) is 0 Å². The quantitative estimate of drug-likeness (QED) is 0.263. The van der Waals surface area contributed by atoms with Gasteiger partial charge >= 0.3 is 0 Å². The minimum absolute atomic E-state index is 0.0624. The molecule has 1 rings (SSSR count). The molecule has 4 nitrogen and oxygen atoms in total. The zero-order chi connectivity index (χ0) is 12.3. The first-order valence-corrected chi connectivity index (χ1v) is 5.13. The molecule has 0 radical (unpaired) electrons. The number of hydrogen-bond donors (Lipinski definition) is 3. The Balaban J connectivity index is 2.94. The topological polar surface area (TPSA) is 70.6 Å². The Bertz CT molecular complexity index is 425. The van der Waals surface area contributed by atoms with E-state index in [1.54, 1.807) is 6.92 Å². The van der Waals surface area contributed by atoms with Crippen LogP contribution in [0.2, 0.25) is 0 Å². The average molecular weight is 294 g/mol. The van der Waals surface area contributed by atoms with Crippen molar-refractivity contribution in [2.75, 3.05) is 5.32 Å². The van der Waals surface area contributed by atoms with Crippen LogP contribution >= 0.6 is 15.9 Å². The van der Waals surface area contributed by atoms with E-state index in [4.69, 9.17) is 10.9 Å². The fraction of sp³-hybridized carbons (Fsp3) is 0.222. The number of halogens is 3. The van der Waals surface area contributed by atoms with Crippen molar-refractivity contribution in [1.29, 1.82) is 0 Å². The first-order valence-electron chi connectivity index (χ1n) is 4.34. The van der Waals surface area contributed by atoms with Gasteiger partial charge in [-0.25, -0.2) is 8.78 Å². The fourth-order valence-electron chi connectivity index (χ4n) is 1.03. The molecule has 0 saturated heterocycles. The number of nitrogens with one attached hydrogen (secondary N) is 1. The third-order valence-electron chi connectivity index (χ3n) is 1.94. The Kier molecular flexibility index (Phi) is 4.05. The number of amidine groups is 1. The van der Waals surface area contributed by atoms with Gasteiger partial charge < -0.3 is 16.3 Å². The monoisotopic (exact) mass is 293 g/mol. The molecule has 0 aliphatic carbocycles. The van der Waals surface area contributed by atoms with Gasteiger partial charge in [0.05, 0.1) is 16.2 Å². The Morgan fingerprint density at radius 1 is 1.50 bits per heavy atom. The molecule has 4 N–H and O–H groups in total. The summed E-state index contributed by atoms with van der Waals surface area (Å²) in [6.07, 6.45) is 0. The van der Waals surface area contributed by atoms with E-state index in [-0.39, 0.29) is 16.0 Å². The van der Waals surface area contributed by atoms with Crippen molar-refractivity contribution in [2.45, 2.75) is 13.0 Å². The summed E-state index contributed by atoms with van der Waals surface area (Å²) in [6.45, 7) is 1.58. The van der Waals surface area contributed by atoms with Crippen LogP contribution in [-0.2, 0) is 0 Å². The molecule has 88 valence electrons. The van der Waals surface area contributed by atoms with Crippen LogP contribution in [0.5, 0.6) is 0 Å². The smallest absolute Gasteiger partial charge is 0.161 e. The molecule has 0 spiro atoms. The van der Waals surface area contributed by atoms with E-state index in [0.717, 1.165) is 6.07 Å². The molecule has 16 heavy (non-hydrogen) atoms. The van der Waals surface area contributed by atoms with E-state index < -0.39 is 17.7 Å². The van der Waals surface area contributed by atoms with Crippen LogP contribution in [-0.4, -0.2) is 17.1 Å². The molecule has 7 heteroatoms. The summed E-state index contributed by atoms with van der Waals surface area (Å²) in [4.78, 5) is 0. The molecule has 0 amide bonds. The lowest BCUT2D eigenvalue weighted by molar-refractivity contribution is 0.316. The Hall–Kier alpha value is -1.37. The second-order valence-corrected chi connectivity index (χ2v) is 3.99. The van der Waals surface area contributed by atoms with Gasteiger partial charge in [0.15, 0.2) is 5.84 Å². The van der Waals surface area contributed by atoms with Gasteiger partial charge in [0.25, 0.3) is 0 Å². The molecular formula is C9H10BrF2N3O. The molecule has 1 aromatic carbocycles. The Morgan fingerprint density at radius 3 is 2.69 bits per heavy atom. The van der Waals surface area contributed by atoms with Gasteiger partial charge in [0, 0.05) is 6.07 Å². The van der Waals surface area contributed by atoms with E-state index in [2.05, 4.69) is 26.4 Å². The summed E-state index contributed by atoms with van der Waals surface area (Å²) >= 11 is 2.93. The van der Waals surface area contributed by atoms with Crippen LogP contribution in [0.1, 0.15) is 6.92 Å². The van der Waals surface area contributed by atoms with Crippen LogP contribution in [0, 0.1) is 11.6 Å². The normalized spacial score (nSPS) is 13.6. The molecule has 0 aliphatic rings. The highest BCUT2D eigenvalue weighted by atomic mass is 79.9. The van der Waals surface area contributed by atoms with Gasteiger partial charge in [-0.3, -0.25) is 0 Å². The van der Waals surface area contributed by atoms with Crippen molar-refractivity contribution in [1.82, 2.24) is 0 Å². The van der Waals surface area contributed by atoms with E-state index in [0.29, 0.717) is 0 Å². The van der Waals surface area contributed by atoms with E-state index >= 15 is 0 Å². The minimum Gasteiger partial charge on any atom is -0.409 e. The third-order valence-corrected chi connectivity index (χ3v) is 2.55. The summed E-state index contributed by atoms with van der Waals surface area (Å²) in [6, 6.07) is 1.41. The first kappa shape index (κ1) is 12.7. The number of nitrogens with two attached hydrogens (primary N) is 1. The number of anilines is 1. The fourth-order valence-corrected chi connectivity index (χ4v) is 1.37. The van der Waals surface area contributed by atoms with Crippen molar-refractivity contribution < 1.29 is 14.0 Å². The lowest BCUT2D eigenvalue weighted by Crippen LogP contribution is -2.33. The summed E-state index contributed by atoms with van der Waals surface area (Å²) in [5.74, 6) is -1.54. The molecule has 0 aliphatic heterocycles. The minimum atomic E-state index is -0.752. The molecule has 0 fully saturated rings. The highest BCUT2D eigenvalue weighted by molar-refractivity contribution is 9.10.